The Bertz CT molecular complexity index is 1230. The molecule has 3 aromatic rings. The molecular weight excluding hydrogens is 442 g/mol. The molecule has 1 atom stereocenters. The van der Waals surface area contributed by atoms with E-state index in [2.05, 4.69) is 10.5 Å². The number of hydrogen-bond donors (Lipinski definition) is 1. The van der Waals surface area contributed by atoms with E-state index in [0.717, 1.165) is 73.4 Å². The van der Waals surface area contributed by atoms with Gasteiger partial charge in [-0.2, -0.15) is 0 Å². The van der Waals surface area contributed by atoms with Gasteiger partial charge in [-0.05, 0) is 55.4 Å². The first-order chi connectivity index (χ1) is 17.0. The lowest BCUT2D eigenvalue weighted by atomic mass is 9.79. The summed E-state index contributed by atoms with van der Waals surface area (Å²) in [6.07, 6.45) is 8.03. The number of nitrogens with zero attached hydrogens (tertiary/aromatic N) is 3. The van der Waals surface area contributed by atoms with Crippen LogP contribution in [0.2, 0.25) is 0 Å². The number of hydrogen-bond acceptors (Lipinski definition) is 4. The van der Waals surface area contributed by atoms with Gasteiger partial charge >= 0.3 is 5.97 Å². The maximum atomic E-state index is 13.4. The summed E-state index contributed by atoms with van der Waals surface area (Å²) in [6.45, 7) is 1.35. The second-order valence-corrected chi connectivity index (χ2v) is 10.1. The van der Waals surface area contributed by atoms with E-state index in [1.165, 1.54) is 0 Å². The number of carboxylic acid groups (broad SMARTS) is 1. The fourth-order valence-corrected chi connectivity index (χ4v) is 6.04. The summed E-state index contributed by atoms with van der Waals surface area (Å²) in [5.74, 6) is 1.17. The van der Waals surface area contributed by atoms with Crippen molar-refractivity contribution in [3.05, 3.63) is 54.5 Å². The highest BCUT2D eigenvalue weighted by Crippen LogP contribution is 2.45. The number of carbonyl (C=O) groups excluding carboxylic acids is 1. The molecule has 35 heavy (non-hydrogen) atoms. The van der Waals surface area contributed by atoms with Gasteiger partial charge in [-0.15, -0.1) is 0 Å². The van der Waals surface area contributed by atoms with Gasteiger partial charge in [-0.25, -0.2) is 4.98 Å². The van der Waals surface area contributed by atoms with Gasteiger partial charge in [0.1, 0.15) is 11.6 Å². The van der Waals surface area contributed by atoms with Crippen LogP contribution in [0.5, 0.6) is 5.75 Å². The zero-order valence-electron chi connectivity index (χ0n) is 20.3. The number of fused-ring (bicyclic) bond motifs is 1. The molecule has 1 aromatic carbocycles. The number of methoxy groups -OCH3 is 1. The molecule has 2 aromatic heterocycles. The first-order valence-electron chi connectivity index (χ1n) is 12.6. The Morgan fingerprint density at radius 2 is 1.94 bits per heavy atom. The minimum atomic E-state index is -0.801. The van der Waals surface area contributed by atoms with Crippen LogP contribution in [0.3, 0.4) is 0 Å². The predicted molar refractivity (Wildman–Crippen MR) is 134 cm³/mol. The van der Waals surface area contributed by atoms with Gasteiger partial charge in [0.2, 0.25) is 5.91 Å². The summed E-state index contributed by atoms with van der Waals surface area (Å²) < 4.78 is 7.57. The second kappa shape index (κ2) is 9.72. The number of benzene rings is 1. The smallest absolute Gasteiger partial charge is 0.303 e. The number of carboxylic acids is 1. The van der Waals surface area contributed by atoms with Crippen molar-refractivity contribution in [3.63, 3.8) is 0 Å². The summed E-state index contributed by atoms with van der Waals surface area (Å²) in [5.41, 5.74) is 2.56. The Morgan fingerprint density at radius 1 is 1.11 bits per heavy atom. The zero-order valence-corrected chi connectivity index (χ0v) is 20.3. The van der Waals surface area contributed by atoms with E-state index in [1.54, 1.807) is 7.11 Å². The monoisotopic (exact) mass is 475 g/mol. The van der Waals surface area contributed by atoms with Crippen molar-refractivity contribution in [2.75, 3.05) is 20.2 Å². The van der Waals surface area contributed by atoms with Crippen LogP contribution < -0.4 is 4.74 Å². The number of ether oxygens (including phenoxy) is 1. The van der Waals surface area contributed by atoms with E-state index in [0.29, 0.717) is 13.0 Å². The summed E-state index contributed by atoms with van der Waals surface area (Å²) in [6, 6.07) is 14.0. The van der Waals surface area contributed by atoms with Crippen LogP contribution in [0.4, 0.5) is 0 Å². The average molecular weight is 476 g/mol. The molecule has 184 valence electrons. The molecule has 2 fully saturated rings. The molecule has 3 heterocycles. The summed E-state index contributed by atoms with van der Waals surface area (Å²) >= 11 is 0. The van der Waals surface area contributed by atoms with Crippen LogP contribution in [-0.2, 0) is 9.59 Å². The molecule has 1 unspecified atom stereocenters. The number of aliphatic carboxylic acids is 1. The minimum absolute atomic E-state index is 0.0881. The average Bonchev–Trinajstić information content (AvgIpc) is 3.48. The molecule has 7 heteroatoms. The first kappa shape index (κ1) is 23.4. The van der Waals surface area contributed by atoms with Crippen molar-refractivity contribution >= 4 is 17.4 Å². The summed E-state index contributed by atoms with van der Waals surface area (Å²) in [5, 5.41) is 9.44. The molecular formula is C28H33N3O4. The third kappa shape index (κ3) is 4.77. The molecule has 0 bridgehead atoms. The Kier molecular flexibility index (Phi) is 6.50. The molecule has 1 aliphatic carbocycles. The van der Waals surface area contributed by atoms with Crippen molar-refractivity contribution < 1.29 is 19.4 Å². The highest BCUT2D eigenvalue weighted by atomic mass is 16.5. The van der Waals surface area contributed by atoms with Crippen molar-refractivity contribution in [1.29, 1.82) is 0 Å². The van der Waals surface area contributed by atoms with Crippen LogP contribution in [0.15, 0.2) is 48.7 Å². The largest absolute Gasteiger partial charge is 0.497 e. The van der Waals surface area contributed by atoms with Crippen LogP contribution in [-0.4, -0.2) is 51.5 Å². The molecule has 7 nitrogen and oxygen atoms in total. The van der Waals surface area contributed by atoms with E-state index in [4.69, 9.17) is 9.72 Å². The van der Waals surface area contributed by atoms with Crippen LogP contribution in [0, 0.1) is 5.41 Å². The summed E-state index contributed by atoms with van der Waals surface area (Å²) in [4.78, 5) is 31.9. The predicted octanol–water partition coefficient (Wildman–Crippen LogP) is 5.14. The van der Waals surface area contributed by atoms with Gasteiger partial charge in [-0.1, -0.05) is 31.0 Å². The minimum Gasteiger partial charge on any atom is -0.497 e. The number of amides is 1. The number of likely N-dealkylation sites (tertiary alicyclic amines) is 1. The van der Waals surface area contributed by atoms with Gasteiger partial charge in [-0.3, -0.25) is 9.59 Å². The Hall–Kier alpha value is -3.35. The van der Waals surface area contributed by atoms with Gasteiger partial charge in [0, 0.05) is 37.2 Å². The van der Waals surface area contributed by atoms with Gasteiger partial charge < -0.3 is 19.1 Å². The fraction of sp³-hybridized carbons (Fsp3) is 0.464. The molecule has 1 aliphatic heterocycles. The zero-order chi connectivity index (χ0) is 24.4. The second-order valence-electron chi connectivity index (χ2n) is 10.1. The van der Waals surface area contributed by atoms with E-state index in [9.17, 15) is 14.7 Å². The molecule has 2 aliphatic rings. The lowest BCUT2D eigenvalue weighted by Crippen LogP contribution is -2.42. The summed E-state index contributed by atoms with van der Waals surface area (Å²) in [7, 11) is 1.66. The standard InChI is InChI=1S/C28H33N3O4/c1-35-22-10-6-8-20(16-22)26-23-11-2-5-15-31(23)27(29-26)21-9-7-14-30(19-21)24(32)17-28(18-25(33)34)12-3-4-13-28/h2,5-6,8,10-11,15-16,21H,3-4,7,9,12-14,17-19H2,1H3,(H,33,34). The molecule has 1 N–H and O–H groups in total. The van der Waals surface area contributed by atoms with Gasteiger partial charge in [0.15, 0.2) is 0 Å². The fourth-order valence-electron chi connectivity index (χ4n) is 6.04. The van der Waals surface area contributed by atoms with E-state index >= 15 is 0 Å². The number of rotatable bonds is 7. The molecule has 1 amide bonds. The maximum Gasteiger partial charge on any atom is 0.303 e. The quantitative estimate of drug-likeness (QED) is 0.511. The first-order valence-corrected chi connectivity index (χ1v) is 12.6. The number of aromatic nitrogens is 2. The number of carbonyl (C=O) groups is 2. The van der Waals surface area contributed by atoms with Crippen LogP contribution in [0.1, 0.15) is 63.1 Å². The number of imidazole rings is 1. The van der Waals surface area contributed by atoms with Crippen molar-refractivity contribution in [1.82, 2.24) is 14.3 Å². The third-order valence-corrected chi connectivity index (χ3v) is 7.77. The number of piperidine rings is 1. The SMILES string of the molecule is COc1cccc(-c2nc(C3CCCN(C(=O)CC4(CC(=O)O)CCCC4)C3)n3ccccc23)c1. The molecule has 0 radical (unpaired) electrons. The van der Waals surface area contributed by atoms with E-state index < -0.39 is 5.97 Å². The van der Waals surface area contributed by atoms with Crippen molar-refractivity contribution in [2.24, 2.45) is 5.41 Å². The highest BCUT2D eigenvalue weighted by molar-refractivity contribution is 5.80. The van der Waals surface area contributed by atoms with E-state index in [-0.39, 0.29) is 23.7 Å². The molecule has 5 rings (SSSR count). The van der Waals surface area contributed by atoms with Crippen molar-refractivity contribution in [3.8, 4) is 17.0 Å². The molecule has 1 saturated heterocycles. The van der Waals surface area contributed by atoms with Crippen LogP contribution >= 0.6 is 0 Å². The lowest BCUT2D eigenvalue weighted by Gasteiger charge is -2.35. The third-order valence-electron chi connectivity index (χ3n) is 7.77. The van der Waals surface area contributed by atoms with Gasteiger partial charge in [0.05, 0.1) is 24.7 Å². The molecule has 1 saturated carbocycles. The Morgan fingerprint density at radius 3 is 2.71 bits per heavy atom. The Labute approximate surface area is 205 Å². The van der Waals surface area contributed by atoms with E-state index in [1.807, 2.05) is 47.5 Å². The highest BCUT2D eigenvalue weighted by Gasteiger charge is 2.40. The Balaban J connectivity index is 1.40. The number of pyridine rings is 1. The molecule has 0 spiro atoms. The lowest BCUT2D eigenvalue weighted by molar-refractivity contribution is -0.141. The van der Waals surface area contributed by atoms with Gasteiger partial charge in [0.25, 0.3) is 0 Å². The van der Waals surface area contributed by atoms with Crippen molar-refractivity contribution in [2.45, 2.75) is 57.3 Å². The normalized spacial score (nSPS) is 19.7. The topological polar surface area (TPSA) is 84.1 Å². The maximum absolute atomic E-state index is 13.4. The van der Waals surface area contributed by atoms with Crippen LogP contribution in [0.25, 0.3) is 16.8 Å².